The molecule has 24 heavy (non-hydrogen) atoms. The number of ether oxygens (including phenoxy) is 1. The number of benzene rings is 1. The van der Waals surface area contributed by atoms with Crippen molar-refractivity contribution in [2.45, 2.75) is 19.0 Å². The lowest BCUT2D eigenvalue weighted by Crippen LogP contribution is -2.21. The molecule has 10 heteroatoms. The molecule has 0 fully saturated rings. The number of rotatable bonds is 7. The number of aliphatic carboxylic acids is 2. The Labute approximate surface area is 141 Å². The third-order valence-corrected chi connectivity index (χ3v) is 2.81. The van der Waals surface area contributed by atoms with Gasteiger partial charge in [0.1, 0.15) is 5.75 Å². The van der Waals surface area contributed by atoms with Crippen LogP contribution < -0.4 is 10.1 Å². The van der Waals surface area contributed by atoms with Crippen LogP contribution in [0.15, 0.2) is 18.2 Å². The van der Waals surface area contributed by atoms with Gasteiger partial charge in [-0.05, 0) is 36.7 Å². The molecule has 0 aliphatic heterocycles. The lowest BCUT2D eigenvalue weighted by atomic mass is 10.1. The van der Waals surface area contributed by atoms with Gasteiger partial charge in [-0.1, -0.05) is 11.6 Å². The Morgan fingerprint density at radius 3 is 2.29 bits per heavy atom. The van der Waals surface area contributed by atoms with E-state index >= 15 is 0 Å². The van der Waals surface area contributed by atoms with Crippen molar-refractivity contribution in [1.29, 1.82) is 0 Å². The zero-order chi connectivity index (χ0) is 18.8. The predicted molar refractivity (Wildman–Crippen MR) is 80.5 cm³/mol. The first-order chi connectivity index (χ1) is 11.1. The minimum absolute atomic E-state index is 0.132. The number of methoxy groups -OCH3 is 1. The van der Waals surface area contributed by atoms with Gasteiger partial charge in [0.05, 0.1) is 13.5 Å². The molecule has 136 valence electrons. The largest absolute Gasteiger partial charge is 0.496 e. The Balaban J connectivity index is 0.000000640. The maximum absolute atomic E-state index is 10.6. The number of hydrogen-bond acceptors (Lipinski definition) is 4. The van der Waals surface area contributed by atoms with Crippen LogP contribution in [0.1, 0.15) is 12.0 Å². The Bertz CT molecular complexity index is 552. The second-order valence-electron chi connectivity index (χ2n) is 4.40. The number of carbonyl (C=O) groups is 2. The first-order valence-corrected chi connectivity index (χ1v) is 7.00. The summed E-state index contributed by atoms with van der Waals surface area (Å²) in [7, 11) is 1.62. The van der Waals surface area contributed by atoms with E-state index in [0.29, 0.717) is 18.1 Å². The van der Waals surface area contributed by atoms with E-state index in [0.717, 1.165) is 17.7 Å². The highest BCUT2D eigenvalue weighted by molar-refractivity contribution is 6.30. The van der Waals surface area contributed by atoms with Gasteiger partial charge in [-0.3, -0.25) is 4.79 Å². The number of nitrogens with one attached hydrogen (secondary N) is 1. The fourth-order valence-corrected chi connectivity index (χ4v) is 1.68. The normalized spacial score (nSPS) is 10.5. The molecule has 0 amide bonds. The van der Waals surface area contributed by atoms with Crippen LogP contribution in [0.4, 0.5) is 13.2 Å². The van der Waals surface area contributed by atoms with Crippen LogP contribution >= 0.6 is 11.6 Å². The van der Waals surface area contributed by atoms with Crippen molar-refractivity contribution in [2.75, 3.05) is 20.2 Å². The third-order valence-electron chi connectivity index (χ3n) is 2.57. The molecule has 0 aliphatic rings. The molecule has 0 radical (unpaired) electrons. The quantitative estimate of drug-likeness (QED) is 0.638. The third kappa shape index (κ3) is 9.90. The Morgan fingerprint density at radius 1 is 1.25 bits per heavy atom. The molecule has 0 unspecified atom stereocenters. The van der Waals surface area contributed by atoms with E-state index < -0.39 is 18.1 Å². The molecular weight excluding hydrogens is 355 g/mol. The molecule has 0 saturated carbocycles. The van der Waals surface area contributed by atoms with Gasteiger partial charge in [0.2, 0.25) is 0 Å². The number of halogens is 4. The SMILES string of the molecule is COc1ccc(Cl)cc1CCNCCC(=O)O.O=C(O)C(F)(F)F. The van der Waals surface area contributed by atoms with Crippen molar-refractivity contribution < 1.29 is 37.7 Å². The van der Waals surface area contributed by atoms with Crippen molar-refractivity contribution in [1.82, 2.24) is 5.32 Å². The maximum Gasteiger partial charge on any atom is 0.490 e. The van der Waals surface area contributed by atoms with Crippen LogP contribution in [0.25, 0.3) is 0 Å². The Hall–Kier alpha value is -2.00. The first-order valence-electron chi connectivity index (χ1n) is 6.63. The zero-order valence-corrected chi connectivity index (χ0v) is 13.4. The van der Waals surface area contributed by atoms with Crippen LogP contribution in [-0.4, -0.2) is 48.5 Å². The van der Waals surface area contributed by atoms with Gasteiger partial charge in [0.25, 0.3) is 0 Å². The standard InChI is InChI=1S/C12H16ClNO3.C2HF3O2/c1-17-11-3-2-10(13)8-9(11)4-6-14-7-5-12(15)16;3-2(4,5)1(6)7/h2-3,8,14H,4-7H2,1H3,(H,15,16);(H,6,7). The highest BCUT2D eigenvalue weighted by Gasteiger charge is 2.38. The van der Waals surface area contributed by atoms with Crippen molar-refractivity contribution in [3.05, 3.63) is 28.8 Å². The van der Waals surface area contributed by atoms with Gasteiger partial charge in [-0.2, -0.15) is 13.2 Å². The van der Waals surface area contributed by atoms with Gasteiger partial charge in [0, 0.05) is 11.6 Å². The van der Waals surface area contributed by atoms with E-state index in [1.165, 1.54) is 0 Å². The van der Waals surface area contributed by atoms with Gasteiger partial charge < -0.3 is 20.3 Å². The summed E-state index contributed by atoms with van der Waals surface area (Å²) in [5.74, 6) is -2.75. The molecule has 0 atom stereocenters. The topological polar surface area (TPSA) is 95.9 Å². The van der Waals surface area contributed by atoms with Crippen molar-refractivity contribution >= 4 is 23.5 Å². The Morgan fingerprint density at radius 2 is 1.83 bits per heavy atom. The van der Waals surface area contributed by atoms with Crippen LogP contribution in [0.2, 0.25) is 5.02 Å². The maximum atomic E-state index is 10.6. The molecule has 0 aliphatic carbocycles. The predicted octanol–water partition coefficient (Wildman–Crippen LogP) is 2.59. The van der Waals surface area contributed by atoms with Gasteiger partial charge >= 0.3 is 18.1 Å². The number of carboxylic acids is 2. The van der Waals surface area contributed by atoms with Crippen molar-refractivity contribution in [3.63, 3.8) is 0 Å². The van der Waals surface area contributed by atoms with Gasteiger partial charge in [-0.25, -0.2) is 4.79 Å². The van der Waals surface area contributed by atoms with Crippen molar-refractivity contribution in [3.8, 4) is 5.75 Å². The summed E-state index contributed by atoms with van der Waals surface area (Å²) in [6, 6.07) is 5.47. The molecular formula is C14H17ClF3NO5. The molecule has 0 heterocycles. The second-order valence-corrected chi connectivity index (χ2v) is 4.84. The molecule has 6 nitrogen and oxygen atoms in total. The Kier molecular flexibility index (Phi) is 9.82. The van der Waals surface area contributed by atoms with E-state index in [2.05, 4.69) is 5.32 Å². The monoisotopic (exact) mass is 371 g/mol. The summed E-state index contributed by atoms with van der Waals surface area (Å²) < 4.78 is 37.0. The first kappa shape index (κ1) is 22.0. The summed E-state index contributed by atoms with van der Waals surface area (Å²) in [4.78, 5) is 19.2. The minimum atomic E-state index is -5.08. The average Bonchev–Trinajstić information content (AvgIpc) is 2.46. The van der Waals surface area contributed by atoms with E-state index in [1.807, 2.05) is 12.1 Å². The fourth-order valence-electron chi connectivity index (χ4n) is 1.49. The lowest BCUT2D eigenvalue weighted by Gasteiger charge is -2.09. The number of hydrogen-bond donors (Lipinski definition) is 3. The van der Waals surface area contributed by atoms with Crippen molar-refractivity contribution in [2.24, 2.45) is 0 Å². The van der Waals surface area contributed by atoms with Crippen LogP contribution in [-0.2, 0) is 16.0 Å². The summed E-state index contributed by atoms with van der Waals surface area (Å²) in [6.45, 7) is 1.17. The highest BCUT2D eigenvalue weighted by atomic mass is 35.5. The molecule has 0 spiro atoms. The summed E-state index contributed by atoms with van der Waals surface area (Å²) in [6.07, 6.45) is -4.20. The van der Waals surface area contributed by atoms with Crippen LogP contribution in [0, 0.1) is 0 Å². The second kappa shape index (κ2) is 10.7. The van der Waals surface area contributed by atoms with Gasteiger partial charge in [0.15, 0.2) is 0 Å². The molecule has 1 aromatic carbocycles. The minimum Gasteiger partial charge on any atom is -0.496 e. The van der Waals surface area contributed by atoms with E-state index in [1.54, 1.807) is 13.2 Å². The van der Waals surface area contributed by atoms with Gasteiger partial charge in [-0.15, -0.1) is 0 Å². The zero-order valence-electron chi connectivity index (χ0n) is 12.7. The smallest absolute Gasteiger partial charge is 0.490 e. The average molecular weight is 372 g/mol. The molecule has 0 saturated heterocycles. The molecule has 1 aromatic rings. The van der Waals surface area contributed by atoms with Crippen LogP contribution in [0.5, 0.6) is 5.75 Å². The molecule has 1 rings (SSSR count). The van der Waals surface area contributed by atoms with E-state index in [4.69, 9.17) is 31.3 Å². The molecule has 0 bridgehead atoms. The van der Waals surface area contributed by atoms with E-state index in [9.17, 15) is 18.0 Å². The summed E-state index contributed by atoms with van der Waals surface area (Å²) >= 11 is 5.90. The number of alkyl halides is 3. The lowest BCUT2D eigenvalue weighted by molar-refractivity contribution is -0.192. The molecule has 3 N–H and O–H groups in total. The van der Waals surface area contributed by atoms with E-state index in [-0.39, 0.29) is 6.42 Å². The number of carboxylic acid groups (broad SMARTS) is 2. The highest BCUT2D eigenvalue weighted by Crippen LogP contribution is 2.22. The summed E-state index contributed by atoms with van der Waals surface area (Å²) in [5.41, 5.74) is 1.02. The fraction of sp³-hybridized carbons (Fsp3) is 0.429. The molecule has 0 aromatic heterocycles. The summed E-state index contributed by atoms with van der Waals surface area (Å²) in [5, 5.41) is 19.3. The van der Waals surface area contributed by atoms with Crippen LogP contribution in [0.3, 0.4) is 0 Å².